The van der Waals surface area contributed by atoms with E-state index in [2.05, 4.69) is 20.6 Å². The van der Waals surface area contributed by atoms with Gasteiger partial charge in [-0.05, 0) is 37.6 Å². The summed E-state index contributed by atoms with van der Waals surface area (Å²) < 4.78 is 37.6. The van der Waals surface area contributed by atoms with E-state index in [4.69, 9.17) is 0 Å². The zero-order valence-corrected chi connectivity index (χ0v) is 12.3. The Bertz CT molecular complexity index is 624. The van der Waals surface area contributed by atoms with Crippen LogP contribution < -0.4 is 10.6 Å². The monoisotopic (exact) mass is 310 g/mol. The van der Waals surface area contributed by atoms with Gasteiger partial charge in [-0.2, -0.15) is 13.2 Å². The number of hydrogen-bond acceptors (Lipinski definition) is 4. The van der Waals surface area contributed by atoms with Gasteiger partial charge < -0.3 is 10.6 Å². The molecule has 0 amide bonds. The van der Waals surface area contributed by atoms with Gasteiger partial charge in [0.1, 0.15) is 17.5 Å². The number of alkyl halides is 3. The van der Waals surface area contributed by atoms with Crippen molar-refractivity contribution in [1.82, 2.24) is 9.97 Å². The number of nitrogens with zero attached hydrogens (tertiary/aromatic N) is 2. The second-order valence-electron chi connectivity index (χ2n) is 4.81. The van der Waals surface area contributed by atoms with Crippen molar-refractivity contribution in [2.75, 3.05) is 17.2 Å². The third-order valence-corrected chi connectivity index (χ3v) is 2.88. The first-order valence-corrected chi connectivity index (χ1v) is 6.92. The van der Waals surface area contributed by atoms with Gasteiger partial charge in [-0.3, -0.25) is 0 Å². The van der Waals surface area contributed by atoms with E-state index in [1.807, 2.05) is 6.92 Å². The Morgan fingerprint density at radius 1 is 1.05 bits per heavy atom. The summed E-state index contributed by atoms with van der Waals surface area (Å²) in [5.74, 6) is 1.80. The van der Waals surface area contributed by atoms with E-state index in [0.29, 0.717) is 23.1 Å². The van der Waals surface area contributed by atoms with E-state index in [-0.39, 0.29) is 0 Å². The largest absolute Gasteiger partial charge is 0.416 e. The number of aromatic nitrogens is 2. The summed E-state index contributed by atoms with van der Waals surface area (Å²) in [4.78, 5) is 8.47. The standard InChI is InChI=1S/C15H17F3N4/c1-3-8-19-13-9-14(21-10(2)20-13)22-12-6-4-11(5-7-12)15(16,17)18/h4-7,9H,3,8H2,1-2H3,(H2,19,20,21,22). The Labute approximate surface area is 126 Å². The molecule has 118 valence electrons. The Morgan fingerprint density at radius 3 is 2.27 bits per heavy atom. The summed E-state index contributed by atoms with van der Waals surface area (Å²) >= 11 is 0. The smallest absolute Gasteiger partial charge is 0.370 e. The molecule has 1 heterocycles. The molecule has 0 unspecified atom stereocenters. The molecule has 0 saturated carbocycles. The molecule has 0 aliphatic carbocycles. The lowest BCUT2D eigenvalue weighted by Gasteiger charge is -2.11. The van der Waals surface area contributed by atoms with Gasteiger partial charge in [0.25, 0.3) is 0 Å². The molecule has 1 aromatic carbocycles. The number of halogens is 3. The quantitative estimate of drug-likeness (QED) is 0.861. The van der Waals surface area contributed by atoms with Crippen molar-refractivity contribution < 1.29 is 13.2 Å². The second kappa shape index (κ2) is 6.64. The maximum atomic E-state index is 12.5. The van der Waals surface area contributed by atoms with Crippen molar-refractivity contribution in [3.8, 4) is 0 Å². The fraction of sp³-hybridized carbons (Fsp3) is 0.333. The highest BCUT2D eigenvalue weighted by atomic mass is 19.4. The molecule has 2 rings (SSSR count). The topological polar surface area (TPSA) is 49.8 Å². The highest BCUT2D eigenvalue weighted by Gasteiger charge is 2.29. The van der Waals surface area contributed by atoms with Crippen molar-refractivity contribution in [1.29, 1.82) is 0 Å². The fourth-order valence-corrected chi connectivity index (χ4v) is 1.87. The summed E-state index contributed by atoms with van der Waals surface area (Å²) in [6, 6.07) is 6.54. The summed E-state index contributed by atoms with van der Waals surface area (Å²) in [7, 11) is 0. The number of rotatable bonds is 5. The molecule has 1 aromatic heterocycles. The van der Waals surface area contributed by atoms with Gasteiger partial charge in [0.2, 0.25) is 0 Å². The zero-order valence-electron chi connectivity index (χ0n) is 12.3. The van der Waals surface area contributed by atoms with Gasteiger partial charge in [-0.1, -0.05) is 6.92 Å². The molecule has 0 bridgehead atoms. The van der Waals surface area contributed by atoms with Crippen molar-refractivity contribution in [2.45, 2.75) is 26.4 Å². The maximum absolute atomic E-state index is 12.5. The lowest BCUT2D eigenvalue weighted by Crippen LogP contribution is -2.06. The Morgan fingerprint density at radius 2 is 1.68 bits per heavy atom. The predicted molar refractivity (Wildman–Crippen MR) is 80.3 cm³/mol. The Kier molecular flexibility index (Phi) is 4.85. The molecular formula is C15H17F3N4. The van der Waals surface area contributed by atoms with Gasteiger partial charge in [0.15, 0.2) is 0 Å². The fourth-order valence-electron chi connectivity index (χ4n) is 1.87. The molecule has 0 atom stereocenters. The van der Waals surface area contributed by atoms with E-state index in [1.165, 1.54) is 12.1 Å². The molecule has 0 radical (unpaired) electrons. The summed E-state index contributed by atoms with van der Waals surface area (Å²) in [5, 5.41) is 6.13. The molecular weight excluding hydrogens is 293 g/mol. The highest BCUT2D eigenvalue weighted by molar-refractivity contribution is 5.59. The van der Waals surface area contributed by atoms with E-state index in [9.17, 15) is 13.2 Å². The molecule has 22 heavy (non-hydrogen) atoms. The van der Waals surface area contributed by atoms with Crippen LogP contribution in [0, 0.1) is 6.92 Å². The van der Waals surface area contributed by atoms with Crippen LogP contribution in [0.3, 0.4) is 0 Å². The third kappa shape index (κ3) is 4.34. The van der Waals surface area contributed by atoms with Gasteiger partial charge in [0, 0.05) is 18.3 Å². The van der Waals surface area contributed by atoms with Crippen molar-refractivity contribution in [3.05, 3.63) is 41.7 Å². The minimum absolute atomic E-state index is 0.533. The zero-order chi connectivity index (χ0) is 16.2. The van der Waals surface area contributed by atoms with Crippen LogP contribution in [0.1, 0.15) is 24.7 Å². The normalized spacial score (nSPS) is 11.3. The first-order valence-electron chi connectivity index (χ1n) is 6.92. The van der Waals surface area contributed by atoms with E-state index < -0.39 is 11.7 Å². The van der Waals surface area contributed by atoms with Crippen LogP contribution in [0.15, 0.2) is 30.3 Å². The third-order valence-electron chi connectivity index (χ3n) is 2.88. The first-order chi connectivity index (χ1) is 10.4. The minimum Gasteiger partial charge on any atom is -0.370 e. The van der Waals surface area contributed by atoms with Crippen LogP contribution in [0.5, 0.6) is 0 Å². The molecule has 7 heteroatoms. The molecule has 2 N–H and O–H groups in total. The number of aryl methyl sites for hydroxylation is 1. The summed E-state index contributed by atoms with van der Waals surface area (Å²) in [5.41, 5.74) is -0.144. The minimum atomic E-state index is -4.33. The van der Waals surface area contributed by atoms with Gasteiger partial charge in [-0.15, -0.1) is 0 Å². The van der Waals surface area contributed by atoms with E-state index in [1.54, 1.807) is 13.0 Å². The molecule has 0 aliphatic rings. The Hall–Kier alpha value is -2.31. The molecule has 2 aromatic rings. The molecule has 0 saturated heterocycles. The van der Waals surface area contributed by atoms with E-state index >= 15 is 0 Å². The molecule has 0 aliphatic heterocycles. The lowest BCUT2D eigenvalue weighted by molar-refractivity contribution is -0.137. The first kappa shape index (κ1) is 16.1. The second-order valence-corrected chi connectivity index (χ2v) is 4.81. The molecule has 0 spiro atoms. The van der Waals surface area contributed by atoms with Gasteiger partial charge >= 0.3 is 6.18 Å². The van der Waals surface area contributed by atoms with Crippen molar-refractivity contribution in [2.24, 2.45) is 0 Å². The van der Waals surface area contributed by atoms with Crippen LogP contribution in [0.2, 0.25) is 0 Å². The van der Waals surface area contributed by atoms with Crippen molar-refractivity contribution in [3.63, 3.8) is 0 Å². The van der Waals surface area contributed by atoms with Gasteiger partial charge in [0.05, 0.1) is 5.56 Å². The maximum Gasteiger partial charge on any atom is 0.416 e. The average Bonchev–Trinajstić information content (AvgIpc) is 2.44. The highest BCUT2D eigenvalue weighted by Crippen LogP contribution is 2.30. The SMILES string of the molecule is CCCNc1cc(Nc2ccc(C(F)(F)F)cc2)nc(C)n1. The number of benzene rings is 1. The average molecular weight is 310 g/mol. The van der Waals surface area contributed by atoms with Crippen LogP contribution in [0.4, 0.5) is 30.5 Å². The van der Waals surface area contributed by atoms with Crippen LogP contribution in [-0.4, -0.2) is 16.5 Å². The molecule has 0 fully saturated rings. The van der Waals surface area contributed by atoms with Crippen LogP contribution in [-0.2, 0) is 6.18 Å². The van der Waals surface area contributed by atoms with Crippen LogP contribution >= 0.6 is 0 Å². The van der Waals surface area contributed by atoms with Gasteiger partial charge in [-0.25, -0.2) is 9.97 Å². The number of nitrogens with one attached hydrogen (secondary N) is 2. The number of anilines is 3. The van der Waals surface area contributed by atoms with Crippen molar-refractivity contribution >= 4 is 17.3 Å². The summed E-state index contributed by atoms with van der Waals surface area (Å²) in [6.07, 6.45) is -3.37. The molecule has 4 nitrogen and oxygen atoms in total. The predicted octanol–water partition coefficient (Wildman–Crippen LogP) is 4.37. The lowest BCUT2D eigenvalue weighted by atomic mass is 10.2. The van der Waals surface area contributed by atoms with Crippen LogP contribution in [0.25, 0.3) is 0 Å². The van der Waals surface area contributed by atoms with E-state index in [0.717, 1.165) is 25.1 Å². The number of hydrogen-bond donors (Lipinski definition) is 2. The summed E-state index contributed by atoms with van der Waals surface area (Å²) in [6.45, 7) is 4.59. The Balaban J connectivity index is 2.14.